The average molecular weight is 427 g/mol. The number of piperazine rings is 1. The molecule has 8 heteroatoms. The first-order valence-corrected chi connectivity index (χ1v) is 10.3. The fraction of sp³-hybridized carbons (Fsp3) is 0.348. The highest BCUT2D eigenvalue weighted by Gasteiger charge is 2.38. The fourth-order valence-electron chi connectivity index (χ4n) is 3.52. The Morgan fingerprint density at radius 2 is 1.71 bits per heavy atom. The molecule has 1 aliphatic rings. The summed E-state index contributed by atoms with van der Waals surface area (Å²) in [6.07, 6.45) is 0.375. The van der Waals surface area contributed by atoms with E-state index in [0.717, 1.165) is 5.56 Å². The van der Waals surface area contributed by atoms with Gasteiger partial charge in [0.15, 0.2) is 0 Å². The van der Waals surface area contributed by atoms with Crippen molar-refractivity contribution in [1.29, 1.82) is 0 Å². The van der Waals surface area contributed by atoms with Crippen LogP contribution in [0, 0.1) is 5.82 Å². The molecule has 1 atom stereocenters. The summed E-state index contributed by atoms with van der Waals surface area (Å²) in [5.74, 6) is -1.38. The second kappa shape index (κ2) is 10.1. The zero-order valence-electron chi connectivity index (χ0n) is 17.6. The fourth-order valence-corrected chi connectivity index (χ4v) is 3.52. The van der Waals surface area contributed by atoms with Crippen LogP contribution >= 0.6 is 0 Å². The van der Waals surface area contributed by atoms with Crippen LogP contribution in [-0.4, -0.2) is 53.3 Å². The minimum atomic E-state index is -0.754. The van der Waals surface area contributed by atoms with Gasteiger partial charge in [0.05, 0.1) is 6.61 Å². The van der Waals surface area contributed by atoms with Gasteiger partial charge in [-0.1, -0.05) is 19.1 Å². The minimum Gasteiger partial charge on any atom is -0.494 e. The summed E-state index contributed by atoms with van der Waals surface area (Å²) in [6.45, 7) is 5.00. The van der Waals surface area contributed by atoms with Gasteiger partial charge < -0.3 is 19.9 Å². The number of nitrogens with zero attached hydrogens (tertiary/aromatic N) is 2. The Bertz CT molecular complexity index is 931. The predicted octanol–water partition coefficient (Wildman–Crippen LogP) is 2.81. The Morgan fingerprint density at radius 3 is 2.32 bits per heavy atom. The molecular formula is C23H26FN3O4. The Kier molecular flexibility index (Phi) is 7.23. The molecule has 0 unspecified atom stereocenters. The Labute approximate surface area is 180 Å². The van der Waals surface area contributed by atoms with Crippen molar-refractivity contribution in [1.82, 2.24) is 9.80 Å². The smallest absolute Gasteiger partial charge is 0.312 e. The number of hydrogen-bond acceptors (Lipinski definition) is 4. The molecule has 1 fully saturated rings. The molecule has 2 aromatic carbocycles. The first-order valence-electron chi connectivity index (χ1n) is 10.3. The molecule has 0 spiro atoms. The topological polar surface area (TPSA) is 79.0 Å². The lowest BCUT2D eigenvalue weighted by Gasteiger charge is -2.37. The zero-order chi connectivity index (χ0) is 22.4. The lowest BCUT2D eigenvalue weighted by molar-refractivity contribution is -0.159. The van der Waals surface area contributed by atoms with Crippen LogP contribution in [0.25, 0.3) is 0 Å². The van der Waals surface area contributed by atoms with E-state index >= 15 is 0 Å². The second-order valence-corrected chi connectivity index (χ2v) is 7.22. The molecule has 0 saturated carbocycles. The van der Waals surface area contributed by atoms with Gasteiger partial charge in [0.25, 0.3) is 0 Å². The maximum atomic E-state index is 13.1. The highest BCUT2D eigenvalue weighted by atomic mass is 19.1. The minimum absolute atomic E-state index is 0.216. The molecule has 1 N–H and O–H groups in total. The van der Waals surface area contributed by atoms with Crippen LogP contribution in [0.3, 0.4) is 0 Å². The summed E-state index contributed by atoms with van der Waals surface area (Å²) in [5, 5.41) is 2.80. The molecule has 0 bridgehead atoms. The summed E-state index contributed by atoms with van der Waals surface area (Å²) in [5.41, 5.74) is 1.32. The molecule has 2 aromatic rings. The monoisotopic (exact) mass is 427 g/mol. The maximum absolute atomic E-state index is 13.1. The first-order chi connectivity index (χ1) is 14.9. The Morgan fingerprint density at radius 1 is 1.03 bits per heavy atom. The van der Waals surface area contributed by atoms with Gasteiger partial charge in [-0.25, -0.2) is 4.39 Å². The second-order valence-electron chi connectivity index (χ2n) is 7.22. The van der Waals surface area contributed by atoms with Crippen LogP contribution in [0.5, 0.6) is 5.75 Å². The highest BCUT2D eigenvalue weighted by molar-refractivity contribution is 6.35. The zero-order valence-corrected chi connectivity index (χ0v) is 17.6. The lowest BCUT2D eigenvalue weighted by Crippen LogP contribution is -2.59. The average Bonchev–Trinajstić information content (AvgIpc) is 2.76. The number of amides is 3. The number of nitrogens with one attached hydrogen (secondary N) is 1. The lowest BCUT2D eigenvalue weighted by atomic mass is 10.1. The largest absolute Gasteiger partial charge is 0.494 e. The maximum Gasteiger partial charge on any atom is 0.312 e. The molecule has 1 saturated heterocycles. The van der Waals surface area contributed by atoms with E-state index in [9.17, 15) is 18.8 Å². The Hall–Kier alpha value is -3.42. The summed E-state index contributed by atoms with van der Waals surface area (Å²) >= 11 is 0. The molecule has 7 nitrogen and oxygen atoms in total. The van der Waals surface area contributed by atoms with Gasteiger partial charge in [0, 0.05) is 25.3 Å². The van der Waals surface area contributed by atoms with Crippen molar-refractivity contribution in [3.63, 3.8) is 0 Å². The predicted molar refractivity (Wildman–Crippen MR) is 114 cm³/mol. The molecule has 31 heavy (non-hydrogen) atoms. The van der Waals surface area contributed by atoms with E-state index in [1.54, 1.807) is 43.3 Å². The van der Waals surface area contributed by atoms with Gasteiger partial charge in [-0.3, -0.25) is 14.4 Å². The van der Waals surface area contributed by atoms with Crippen LogP contribution in [0.2, 0.25) is 0 Å². The summed E-state index contributed by atoms with van der Waals surface area (Å²) in [4.78, 5) is 40.9. The summed E-state index contributed by atoms with van der Waals surface area (Å²) < 4.78 is 18.5. The van der Waals surface area contributed by atoms with Gasteiger partial charge in [0.1, 0.15) is 17.6 Å². The van der Waals surface area contributed by atoms with Gasteiger partial charge in [-0.2, -0.15) is 0 Å². The van der Waals surface area contributed by atoms with Crippen molar-refractivity contribution in [3.05, 3.63) is 59.9 Å². The van der Waals surface area contributed by atoms with Crippen molar-refractivity contribution in [2.45, 2.75) is 32.9 Å². The molecule has 164 valence electrons. The summed E-state index contributed by atoms with van der Waals surface area (Å²) in [7, 11) is 0. The van der Waals surface area contributed by atoms with Gasteiger partial charge in [-0.15, -0.1) is 0 Å². The van der Waals surface area contributed by atoms with E-state index in [1.807, 2.05) is 6.92 Å². The SMILES string of the molecule is CCOc1ccc(NC(=O)[C@H](CC)N2CCN(Cc3ccc(F)cc3)C(=O)C2=O)cc1. The van der Waals surface area contributed by atoms with E-state index in [0.29, 0.717) is 31.0 Å². The number of benzene rings is 2. The number of carbonyl (C=O) groups is 3. The molecule has 1 heterocycles. The third-order valence-corrected chi connectivity index (χ3v) is 5.13. The molecule has 0 radical (unpaired) electrons. The molecule has 3 amide bonds. The third-order valence-electron chi connectivity index (χ3n) is 5.13. The molecular weight excluding hydrogens is 401 g/mol. The van der Waals surface area contributed by atoms with E-state index in [4.69, 9.17) is 4.74 Å². The molecule has 0 aliphatic carbocycles. The van der Waals surface area contributed by atoms with Gasteiger partial charge in [-0.05, 0) is 55.3 Å². The van der Waals surface area contributed by atoms with Crippen molar-refractivity contribution in [3.8, 4) is 5.75 Å². The third kappa shape index (κ3) is 5.39. The van der Waals surface area contributed by atoms with Crippen molar-refractivity contribution < 1.29 is 23.5 Å². The molecule has 3 rings (SSSR count). The van der Waals surface area contributed by atoms with Gasteiger partial charge >= 0.3 is 11.8 Å². The quantitative estimate of drug-likeness (QED) is 0.657. The normalized spacial score (nSPS) is 15.1. The van der Waals surface area contributed by atoms with Crippen molar-refractivity contribution in [2.24, 2.45) is 0 Å². The van der Waals surface area contributed by atoms with Crippen LogP contribution in [0.4, 0.5) is 10.1 Å². The van der Waals surface area contributed by atoms with E-state index < -0.39 is 17.9 Å². The van der Waals surface area contributed by atoms with E-state index in [2.05, 4.69) is 5.32 Å². The number of halogens is 1. The van der Waals surface area contributed by atoms with Crippen molar-refractivity contribution >= 4 is 23.4 Å². The number of carbonyl (C=O) groups excluding carboxylic acids is 3. The van der Waals surface area contributed by atoms with E-state index in [-0.39, 0.29) is 24.8 Å². The van der Waals surface area contributed by atoms with Gasteiger partial charge in [0.2, 0.25) is 5.91 Å². The number of rotatable bonds is 8. The first kappa shape index (κ1) is 22.3. The molecule has 1 aliphatic heterocycles. The van der Waals surface area contributed by atoms with E-state index in [1.165, 1.54) is 21.9 Å². The number of ether oxygens (including phenoxy) is 1. The molecule has 0 aromatic heterocycles. The van der Waals surface area contributed by atoms with Crippen LogP contribution in [0.15, 0.2) is 48.5 Å². The summed E-state index contributed by atoms with van der Waals surface area (Å²) in [6, 6.07) is 12.0. The van der Waals surface area contributed by atoms with Crippen LogP contribution < -0.4 is 10.1 Å². The van der Waals surface area contributed by atoms with Crippen molar-refractivity contribution in [2.75, 3.05) is 25.0 Å². The number of hydrogen-bond donors (Lipinski definition) is 1. The standard InChI is InChI=1S/C23H26FN3O4/c1-3-20(21(28)25-18-9-11-19(12-10-18)31-4-2)27-14-13-26(22(29)23(27)30)15-16-5-7-17(24)8-6-16/h5-12,20H,3-4,13-15H2,1-2H3,(H,25,28)/t20-/m0/s1. The van der Waals surface area contributed by atoms with Crippen LogP contribution in [0.1, 0.15) is 25.8 Å². The van der Waals surface area contributed by atoms with Crippen LogP contribution in [-0.2, 0) is 20.9 Å². The highest BCUT2D eigenvalue weighted by Crippen LogP contribution is 2.19. The Balaban J connectivity index is 1.63. The number of anilines is 1.